The quantitative estimate of drug-likeness (QED) is 0.101. The summed E-state index contributed by atoms with van der Waals surface area (Å²) >= 11 is 0. The standard InChI is InChI=1S/C57H58F2N16O5/c1-34-66-46-8-7-44(38-11-16-61-48(60)26-38)67-52(46)74(34)40-27-42(58)51(43(59)28-40)70-24-22-69(23-25-70)17-3-4-35-29-63-57(64-30-35)72-18-12-37(13-19-72)54(78)71-20-14-39(15-21-71)73-33-36(32-65-73)31-62-45-6-2-5-41-50(45)56(80)75(55(41)79)47-9-10-49(76)68-53(47)77/h2,5-8,11,16,26-30,32-33,37,39,47,56,62,80H,9-10,12-15,17-25,31H2,1H3,(H2,60,61)(H,68,76,77). The van der Waals surface area contributed by atoms with Crippen LogP contribution in [0.3, 0.4) is 0 Å². The van der Waals surface area contributed by atoms with Crippen molar-refractivity contribution in [2.24, 2.45) is 5.92 Å². The molecule has 4 saturated heterocycles. The molecule has 21 nitrogen and oxygen atoms in total. The number of piperazine rings is 1. The van der Waals surface area contributed by atoms with Crippen LogP contribution < -0.4 is 26.2 Å². The Labute approximate surface area is 458 Å². The van der Waals surface area contributed by atoms with Crippen LogP contribution in [0.2, 0.25) is 0 Å². The highest BCUT2D eigenvalue weighted by molar-refractivity contribution is 6.06. The van der Waals surface area contributed by atoms with Crippen molar-refractivity contribution in [3.05, 3.63) is 125 Å². The molecule has 0 saturated carbocycles. The number of carbonyl (C=O) groups is 4. The molecule has 0 spiro atoms. The first-order valence-corrected chi connectivity index (χ1v) is 27.0. The number of halogens is 2. The fraction of sp³-hybridized carbons (Fsp3) is 0.368. The smallest absolute Gasteiger partial charge is 0.257 e. The predicted octanol–water partition coefficient (Wildman–Crippen LogP) is 4.76. The number of fused-ring (bicyclic) bond motifs is 2. The van der Waals surface area contributed by atoms with Crippen LogP contribution >= 0.6 is 0 Å². The van der Waals surface area contributed by atoms with E-state index in [1.54, 1.807) is 71.5 Å². The van der Waals surface area contributed by atoms with Gasteiger partial charge in [-0.25, -0.2) is 33.7 Å². The number of aromatic nitrogens is 8. The van der Waals surface area contributed by atoms with E-state index in [9.17, 15) is 24.3 Å². The van der Waals surface area contributed by atoms with E-state index >= 15 is 8.78 Å². The molecule has 5 aliphatic rings. The van der Waals surface area contributed by atoms with Crippen molar-refractivity contribution >= 4 is 57.9 Å². The predicted molar refractivity (Wildman–Crippen MR) is 292 cm³/mol. The Balaban J connectivity index is 0.577. The van der Waals surface area contributed by atoms with E-state index in [1.807, 2.05) is 27.9 Å². The van der Waals surface area contributed by atoms with E-state index in [0.717, 1.165) is 28.9 Å². The number of aliphatic hydroxyl groups excluding tert-OH is 1. The molecule has 80 heavy (non-hydrogen) atoms. The minimum atomic E-state index is -1.34. The molecular formula is C57H58F2N16O5. The number of nitrogen functional groups attached to an aromatic ring is 1. The average molecular weight is 1090 g/mol. The SMILES string of the molecule is Cc1nc2ccc(-c3ccnc(N)c3)nc2n1-c1cc(F)c(N2CCN(CC#Cc3cnc(N4CCC(C(=O)N5CCC(n6cc(CNc7cccc8c7C(O)N(C7CCC(=O)NC7=O)C8=O)cn6)CC5)CC4)nc3)CC2)c(F)c1. The summed E-state index contributed by atoms with van der Waals surface area (Å²) in [5, 5.41) is 21.5. The van der Waals surface area contributed by atoms with Crippen molar-refractivity contribution in [2.75, 3.05) is 79.8 Å². The van der Waals surface area contributed by atoms with E-state index in [2.05, 4.69) is 57.3 Å². The fourth-order valence-electron chi connectivity index (χ4n) is 11.7. The number of aliphatic hydroxyl groups is 1. The number of carbonyl (C=O) groups excluding carboxylic acids is 4. The van der Waals surface area contributed by atoms with Crippen LogP contribution in [0.1, 0.15) is 83.7 Å². The lowest BCUT2D eigenvalue weighted by Gasteiger charge is -2.37. The van der Waals surface area contributed by atoms with Crippen molar-refractivity contribution in [1.29, 1.82) is 0 Å². The zero-order valence-electron chi connectivity index (χ0n) is 43.9. The lowest BCUT2D eigenvalue weighted by atomic mass is 9.94. The van der Waals surface area contributed by atoms with Crippen LogP contribution in [0.25, 0.3) is 28.1 Å². The Morgan fingerprint density at radius 1 is 0.863 bits per heavy atom. The molecule has 0 aliphatic carbocycles. The molecule has 5 N–H and O–H groups in total. The molecule has 2 atom stereocenters. The first kappa shape index (κ1) is 51.9. The highest BCUT2D eigenvalue weighted by Gasteiger charge is 2.45. The average Bonchev–Trinajstić information content (AvgIpc) is 4.22. The monoisotopic (exact) mass is 1080 g/mol. The maximum absolute atomic E-state index is 15.9. The number of likely N-dealkylation sites (tertiary alicyclic amines) is 1. The van der Waals surface area contributed by atoms with Gasteiger partial charge in [0.1, 0.15) is 28.9 Å². The van der Waals surface area contributed by atoms with Crippen LogP contribution in [-0.4, -0.2) is 148 Å². The second kappa shape index (κ2) is 21.7. The third-order valence-corrected chi connectivity index (χ3v) is 15.9. The summed E-state index contributed by atoms with van der Waals surface area (Å²) in [6.07, 6.45) is 10.6. The Bertz CT molecular complexity index is 3590. The third kappa shape index (κ3) is 10.2. The molecule has 0 radical (unpaired) electrons. The number of aryl methyl sites for hydroxylation is 1. The molecule has 23 heteroatoms. The largest absolute Gasteiger partial charge is 0.384 e. The van der Waals surface area contributed by atoms with E-state index in [4.69, 9.17) is 10.7 Å². The molecule has 0 bridgehead atoms. The highest BCUT2D eigenvalue weighted by Crippen LogP contribution is 2.40. The maximum Gasteiger partial charge on any atom is 0.257 e. The van der Waals surface area contributed by atoms with Crippen LogP contribution in [-0.2, 0) is 20.9 Å². The van der Waals surface area contributed by atoms with Gasteiger partial charge in [-0.15, -0.1) is 0 Å². The summed E-state index contributed by atoms with van der Waals surface area (Å²) < 4.78 is 35.4. The van der Waals surface area contributed by atoms with Gasteiger partial charge in [0.2, 0.25) is 23.7 Å². The number of rotatable bonds is 11. The summed E-state index contributed by atoms with van der Waals surface area (Å²) in [7, 11) is 0. The lowest BCUT2D eigenvalue weighted by molar-refractivity contribution is -0.140. The van der Waals surface area contributed by atoms with Crippen molar-refractivity contribution in [3.8, 4) is 28.8 Å². The molecule has 12 rings (SSSR count). The molecule has 2 unspecified atom stereocenters. The van der Waals surface area contributed by atoms with Crippen LogP contribution in [0.15, 0.2) is 85.6 Å². The topological polar surface area (TPSA) is 242 Å². The van der Waals surface area contributed by atoms with Crippen LogP contribution in [0.4, 0.5) is 31.9 Å². The summed E-state index contributed by atoms with van der Waals surface area (Å²) in [4.78, 5) is 83.2. The Morgan fingerprint density at radius 2 is 1.62 bits per heavy atom. The van der Waals surface area contributed by atoms with Gasteiger partial charge in [0, 0.05) is 136 Å². The van der Waals surface area contributed by atoms with E-state index in [0.29, 0.717) is 135 Å². The first-order chi connectivity index (χ1) is 38.8. The second-order valence-corrected chi connectivity index (χ2v) is 20.9. The molecule has 5 aromatic heterocycles. The number of amides is 4. The third-order valence-electron chi connectivity index (χ3n) is 15.9. The van der Waals surface area contributed by atoms with Gasteiger partial charge < -0.3 is 30.9 Å². The molecule has 5 aliphatic heterocycles. The molecule has 7 aromatic rings. The molecular weight excluding hydrogens is 1030 g/mol. The van der Waals surface area contributed by atoms with Crippen molar-refractivity contribution in [2.45, 2.75) is 70.3 Å². The minimum Gasteiger partial charge on any atom is -0.384 e. The van der Waals surface area contributed by atoms with Gasteiger partial charge in [0.05, 0.1) is 35.7 Å². The number of hydrogen-bond donors (Lipinski definition) is 4. The summed E-state index contributed by atoms with van der Waals surface area (Å²) in [6.45, 7) is 7.21. The number of piperidine rings is 3. The van der Waals surface area contributed by atoms with Gasteiger partial charge in [-0.05, 0) is 75.4 Å². The number of benzene rings is 2. The van der Waals surface area contributed by atoms with Crippen LogP contribution in [0, 0.1) is 36.3 Å². The Morgan fingerprint density at radius 3 is 2.36 bits per heavy atom. The number of anilines is 4. The number of nitrogens with zero attached hydrogens (tertiary/aromatic N) is 13. The second-order valence-electron chi connectivity index (χ2n) is 20.9. The van der Waals surface area contributed by atoms with Gasteiger partial charge in [-0.1, -0.05) is 17.9 Å². The molecule has 4 amide bonds. The van der Waals surface area contributed by atoms with E-state index in [1.165, 1.54) is 12.1 Å². The first-order valence-electron chi connectivity index (χ1n) is 27.0. The molecule has 410 valence electrons. The Hall–Kier alpha value is -8.88. The number of nitrogens with two attached hydrogens (primary N) is 1. The van der Waals surface area contributed by atoms with E-state index < -0.39 is 41.6 Å². The molecule has 2 aromatic carbocycles. The number of pyridine rings is 2. The minimum absolute atomic E-state index is 0.0652. The number of imidazole rings is 1. The van der Waals surface area contributed by atoms with E-state index in [-0.39, 0.29) is 42.1 Å². The fourth-order valence-corrected chi connectivity index (χ4v) is 11.7. The van der Waals surface area contributed by atoms with Crippen molar-refractivity contribution < 1.29 is 33.1 Å². The van der Waals surface area contributed by atoms with Crippen LogP contribution in [0.5, 0.6) is 0 Å². The van der Waals surface area contributed by atoms with Gasteiger partial charge in [-0.3, -0.25) is 43.5 Å². The summed E-state index contributed by atoms with van der Waals surface area (Å²) in [6, 6.07) is 14.1. The summed E-state index contributed by atoms with van der Waals surface area (Å²) in [5.74, 6) is 5.18. The number of imide groups is 1. The zero-order chi connectivity index (χ0) is 55.2. The van der Waals surface area contributed by atoms with Gasteiger partial charge in [-0.2, -0.15) is 5.10 Å². The van der Waals surface area contributed by atoms with Gasteiger partial charge in [0.25, 0.3) is 5.91 Å². The number of hydrogen-bond acceptors (Lipinski definition) is 16. The highest BCUT2D eigenvalue weighted by atomic mass is 19.1. The summed E-state index contributed by atoms with van der Waals surface area (Å²) in [5.41, 5.74) is 11.4. The van der Waals surface area contributed by atoms with Crippen molar-refractivity contribution in [3.63, 3.8) is 0 Å². The Kier molecular flexibility index (Phi) is 14.1. The van der Waals surface area contributed by atoms with Gasteiger partial charge >= 0.3 is 0 Å². The number of nitrogens with one attached hydrogen (secondary N) is 2. The normalized spacial score (nSPS) is 19.3. The maximum atomic E-state index is 15.9. The zero-order valence-corrected chi connectivity index (χ0v) is 43.9. The lowest BCUT2D eigenvalue weighted by Crippen LogP contribution is -2.53. The van der Waals surface area contributed by atoms with Crippen molar-refractivity contribution in [1.82, 2.24) is 59.3 Å². The molecule has 10 heterocycles. The molecule has 4 fully saturated rings. The van der Waals surface area contributed by atoms with Gasteiger partial charge in [0.15, 0.2) is 23.5 Å².